The average Bonchev–Trinajstić information content (AvgIpc) is 3.36. The predicted octanol–water partition coefficient (Wildman–Crippen LogP) is 2.52. The first-order chi connectivity index (χ1) is 16.4. The van der Waals surface area contributed by atoms with E-state index in [1.807, 2.05) is 54.1 Å². The van der Waals surface area contributed by atoms with E-state index in [0.717, 1.165) is 24.1 Å². The van der Waals surface area contributed by atoms with Crippen LogP contribution in [-0.2, 0) is 23.1 Å². The van der Waals surface area contributed by atoms with Gasteiger partial charge in [0.1, 0.15) is 0 Å². The first kappa shape index (κ1) is 24.1. The van der Waals surface area contributed by atoms with Crippen LogP contribution in [0.4, 0.5) is 0 Å². The Hall–Kier alpha value is -3.01. The number of imidazole rings is 1. The lowest BCUT2D eigenvalue weighted by atomic mass is 10.1. The molecule has 4 rings (SSSR count). The second-order valence-electron chi connectivity index (χ2n) is 8.60. The average molecular weight is 482 g/mol. The minimum atomic E-state index is -3.47. The normalized spacial score (nSPS) is 15.3. The van der Waals surface area contributed by atoms with Gasteiger partial charge in [-0.2, -0.15) is 4.31 Å². The van der Waals surface area contributed by atoms with Gasteiger partial charge in [-0.15, -0.1) is 0 Å². The Labute approximate surface area is 201 Å². The van der Waals surface area contributed by atoms with Gasteiger partial charge in [-0.1, -0.05) is 29.8 Å². The number of amides is 1. The lowest BCUT2D eigenvalue weighted by Gasteiger charge is -2.34. The van der Waals surface area contributed by atoms with E-state index in [0.29, 0.717) is 49.7 Å². The van der Waals surface area contributed by atoms with Crippen LogP contribution in [-0.4, -0.2) is 65.8 Å². The maximum Gasteiger partial charge on any atom is 0.251 e. The fourth-order valence-electron chi connectivity index (χ4n) is 4.04. The number of hydrogen-bond donors (Lipinski definition) is 1. The number of benzene rings is 2. The van der Waals surface area contributed by atoms with Gasteiger partial charge in [0, 0.05) is 63.8 Å². The molecule has 0 atom stereocenters. The van der Waals surface area contributed by atoms with Gasteiger partial charge in [-0.25, -0.2) is 13.4 Å². The van der Waals surface area contributed by atoms with E-state index in [1.165, 1.54) is 0 Å². The number of nitrogens with zero attached hydrogens (tertiary/aromatic N) is 4. The molecule has 8 nitrogen and oxygen atoms in total. The summed E-state index contributed by atoms with van der Waals surface area (Å²) in [6.45, 7) is 6.23. The molecule has 0 bridgehead atoms. The van der Waals surface area contributed by atoms with E-state index in [9.17, 15) is 13.2 Å². The SMILES string of the molecule is Cc1ccc(S(=O)(=O)N2CCN(Cc3cccc(C(=O)NCCCn4ccnc4)c3)CC2)cc1. The number of nitrogens with one attached hydrogen (secondary N) is 1. The van der Waals surface area contributed by atoms with Gasteiger partial charge < -0.3 is 9.88 Å². The number of hydrogen-bond acceptors (Lipinski definition) is 5. The largest absolute Gasteiger partial charge is 0.352 e. The standard InChI is InChI=1S/C25H31N5O3S/c1-21-6-8-24(9-7-21)34(32,33)30-16-14-28(15-17-30)19-22-4-2-5-23(18-22)25(31)27-10-3-12-29-13-11-26-20-29/h2,4-9,11,13,18,20H,3,10,12,14-17,19H2,1H3,(H,27,31). The third kappa shape index (κ3) is 6.11. The highest BCUT2D eigenvalue weighted by atomic mass is 32.2. The molecular weight excluding hydrogens is 450 g/mol. The summed E-state index contributed by atoms with van der Waals surface area (Å²) in [6, 6.07) is 14.6. The topological polar surface area (TPSA) is 87.5 Å². The van der Waals surface area contributed by atoms with Crippen LogP contribution in [0.2, 0.25) is 0 Å². The summed E-state index contributed by atoms with van der Waals surface area (Å²) in [5.41, 5.74) is 2.72. The molecule has 1 fully saturated rings. The van der Waals surface area contributed by atoms with Gasteiger partial charge in [0.25, 0.3) is 5.91 Å². The van der Waals surface area contributed by atoms with E-state index in [4.69, 9.17) is 0 Å². The van der Waals surface area contributed by atoms with Gasteiger partial charge in [-0.05, 0) is 43.2 Å². The maximum atomic E-state index is 12.9. The number of piperazine rings is 1. The van der Waals surface area contributed by atoms with Crippen LogP contribution in [0.3, 0.4) is 0 Å². The summed E-state index contributed by atoms with van der Waals surface area (Å²) in [7, 11) is -3.47. The van der Waals surface area contributed by atoms with Crippen molar-refractivity contribution in [3.63, 3.8) is 0 Å². The minimum Gasteiger partial charge on any atom is -0.352 e. The zero-order valence-electron chi connectivity index (χ0n) is 19.4. The molecule has 9 heteroatoms. The van der Waals surface area contributed by atoms with Crippen LogP contribution in [0.5, 0.6) is 0 Å². The van der Waals surface area contributed by atoms with E-state index < -0.39 is 10.0 Å². The zero-order valence-corrected chi connectivity index (χ0v) is 20.2. The third-order valence-corrected chi connectivity index (χ3v) is 7.94. The lowest BCUT2D eigenvalue weighted by molar-refractivity contribution is 0.0952. The second kappa shape index (κ2) is 10.9. The molecule has 0 spiro atoms. The highest BCUT2D eigenvalue weighted by molar-refractivity contribution is 7.89. The van der Waals surface area contributed by atoms with Crippen molar-refractivity contribution in [2.24, 2.45) is 0 Å². The predicted molar refractivity (Wildman–Crippen MR) is 131 cm³/mol. The van der Waals surface area contributed by atoms with Crippen molar-refractivity contribution in [1.82, 2.24) is 24.1 Å². The third-order valence-electron chi connectivity index (χ3n) is 6.02. The van der Waals surface area contributed by atoms with E-state index in [-0.39, 0.29) is 5.91 Å². The second-order valence-corrected chi connectivity index (χ2v) is 10.5. The Morgan fingerprint density at radius 2 is 1.82 bits per heavy atom. The highest BCUT2D eigenvalue weighted by Gasteiger charge is 2.28. The summed E-state index contributed by atoms with van der Waals surface area (Å²) in [6.07, 6.45) is 6.25. The van der Waals surface area contributed by atoms with Crippen molar-refractivity contribution in [2.45, 2.75) is 31.3 Å². The fraction of sp³-hybridized carbons (Fsp3) is 0.360. The molecule has 2 aromatic carbocycles. The summed E-state index contributed by atoms with van der Waals surface area (Å²) in [5.74, 6) is -0.0820. The van der Waals surface area contributed by atoms with Crippen LogP contribution < -0.4 is 5.32 Å². The summed E-state index contributed by atoms with van der Waals surface area (Å²) < 4.78 is 29.4. The Kier molecular flexibility index (Phi) is 7.77. The maximum absolute atomic E-state index is 12.9. The van der Waals surface area contributed by atoms with Crippen molar-refractivity contribution in [2.75, 3.05) is 32.7 Å². The first-order valence-electron chi connectivity index (χ1n) is 11.5. The minimum absolute atomic E-state index is 0.0820. The number of aromatic nitrogens is 2. The number of rotatable bonds is 9. The number of sulfonamides is 1. The van der Waals surface area contributed by atoms with Crippen molar-refractivity contribution >= 4 is 15.9 Å². The van der Waals surface area contributed by atoms with Crippen LogP contribution in [0.1, 0.15) is 27.9 Å². The summed E-state index contributed by atoms with van der Waals surface area (Å²) in [5, 5.41) is 2.97. The molecule has 1 amide bonds. The van der Waals surface area contributed by atoms with Crippen LogP contribution in [0.15, 0.2) is 72.1 Å². The summed E-state index contributed by atoms with van der Waals surface area (Å²) >= 11 is 0. The molecule has 1 aliphatic heterocycles. The molecule has 2 heterocycles. The summed E-state index contributed by atoms with van der Waals surface area (Å²) in [4.78, 5) is 19.1. The van der Waals surface area contributed by atoms with Gasteiger partial charge in [0.15, 0.2) is 0 Å². The van der Waals surface area contributed by atoms with Crippen molar-refractivity contribution in [3.05, 3.63) is 83.9 Å². The zero-order chi connectivity index (χ0) is 24.0. The molecule has 1 saturated heterocycles. The molecule has 0 radical (unpaired) electrons. The Morgan fingerprint density at radius 3 is 2.53 bits per heavy atom. The van der Waals surface area contributed by atoms with Crippen molar-refractivity contribution in [3.8, 4) is 0 Å². The molecule has 1 N–H and O–H groups in total. The van der Waals surface area contributed by atoms with Crippen LogP contribution >= 0.6 is 0 Å². The molecule has 1 aromatic heterocycles. The molecule has 1 aliphatic rings. The fourth-order valence-corrected chi connectivity index (χ4v) is 5.46. The molecule has 3 aromatic rings. The Balaban J connectivity index is 1.26. The number of aryl methyl sites for hydroxylation is 2. The molecule has 34 heavy (non-hydrogen) atoms. The quantitative estimate of drug-likeness (QED) is 0.475. The van der Waals surface area contributed by atoms with E-state index in [2.05, 4.69) is 15.2 Å². The van der Waals surface area contributed by atoms with Gasteiger partial charge in [-0.3, -0.25) is 9.69 Å². The van der Waals surface area contributed by atoms with Gasteiger partial charge in [0.2, 0.25) is 10.0 Å². The van der Waals surface area contributed by atoms with Crippen LogP contribution in [0.25, 0.3) is 0 Å². The van der Waals surface area contributed by atoms with Gasteiger partial charge in [0.05, 0.1) is 11.2 Å². The first-order valence-corrected chi connectivity index (χ1v) is 13.0. The molecule has 0 unspecified atom stereocenters. The van der Waals surface area contributed by atoms with E-state index in [1.54, 1.807) is 29.0 Å². The molecular formula is C25H31N5O3S. The Bertz CT molecular complexity index is 1190. The van der Waals surface area contributed by atoms with Crippen molar-refractivity contribution in [1.29, 1.82) is 0 Å². The lowest BCUT2D eigenvalue weighted by Crippen LogP contribution is -2.48. The monoisotopic (exact) mass is 481 g/mol. The molecule has 180 valence electrons. The number of carbonyl (C=O) groups excluding carboxylic acids is 1. The highest BCUT2D eigenvalue weighted by Crippen LogP contribution is 2.19. The van der Waals surface area contributed by atoms with E-state index >= 15 is 0 Å². The van der Waals surface area contributed by atoms with Crippen molar-refractivity contribution < 1.29 is 13.2 Å². The van der Waals surface area contributed by atoms with Crippen LogP contribution in [0, 0.1) is 6.92 Å². The molecule has 0 saturated carbocycles. The Morgan fingerprint density at radius 1 is 1.06 bits per heavy atom. The smallest absolute Gasteiger partial charge is 0.251 e. The van der Waals surface area contributed by atoms with Gasteiger partial charge >= 0.3 is 0 Å². The molecule has 0 aliphatic carbocycles. The number of carbonyl (C=O) groups is 1.